The van der Waals surface area contributed by atoms with Crippen molar-refractivity contribution in [3.8, 4) is 5.69 Å². The number of para-hydroxylation sites is 1. The summed E-state index contributed by atoms with van der Waals surface area (Å²) in [6, 6.07) is 16.3. The summed E-state index contributed by atoms with van der Waals surface area (Å²) in [5.74, 6) is 1.18. The monoisotopic (exact) mass is 282 g/mol. The van der Waals surface area contributed by atoms with Crippen LogP contribution < -0.4 is 5.73 Å². The molecule has 0 saturated heterocycles. The summed E-state index contributed by atoms with van der Waals surface area (Å²) >= 11 is 0. The maximum atomic E-state index is 13.3. The van der Waals surface area contributed by atoms with Crippen molar-refractivity contribution in [3.63, 3.8) is 0 Å². The van der Waals surface area contributed by atoms with E-state index >= 15 is 0 Å². The van der Waals surface area contributed by atoms with Gasteiger partial charge in [-0.2, -0.15) is 0 Å². The van der Waals surface area contributed by atoms with E-state index in [1.807, 2.05) is 41.0 Å². The highest BCUT2D eigenvalue weighted by atomic mass is 19.1. The molecular formula is C16H15FN4. The second kappa shape index (κ2) is 5.85. The van der Waals surface area contributed by atoms with Gasteiger partial charge in [-0.3, -0.25) is 4.57 Å². The molecule has 0 fully saturated rings. The Kier molecular flexibility index (Phi) is 3.75. The van der Waals surface area contributed by atoms with Crippen LogP contribution in [-0.2, 0) is 13.0 Å². The third-order valence-corrected chi connectivity index (χ3v) is 3.25. The van der Waals surface area contributed by atoms with Crippen molar-refractivity contribution in [2.75, 3.05) is 0 Å². The van der Waals surface area contributed by atoms with E-state index in [0.29, 0.717) is 18.8 Å². The quantitative estimate of drug-likeness (QED) is 0.799. The Balaban J connectivity index is 2.02. The Labute approximate surface area is 122 Å². The number of nitrogens with two attached hydrogens (primary N) is 1. The van der Waals surface area contributed by atoms with Crippen LogP contribution >= 0.6 is 0 Å². The van der Waals surface area contributed by atoms with Crippen LogP contribution in [-0.4, -0.2) is 14.8 Å². The van der Waals surface area contributed by atoms with Crippen LogP contribution in [0.15, 0.2) is 54.6 Å². The summed E-state index contributed by atoms with van der Waals surface area (Å²) in [5, 5.41) is 8.32. The third-order valence-electron chi connectivity index (χ3n) is 3.25. The van der Waals surface area contributed by atoms with Gasteiger partial charge in [0.15, 0.2) is 5.82 Å². The Bertz CT molecular complexity index is 737. The standard InChI is InChI=1S/C16H15FN4/c17-13-6-4-5-12(9-13)10-15-19-20-16(11-18)21(15)14-7-2-1-3-8-14/h1-9H,10-11,18H2. The number of hydrogen-bond acceptors (Lipinski definition) is 3. The summed E-state index contributed by atoms with van der Waals surface area (Å²) in [6.45, 7) is 0.297. The highest BCUT2D eigenvalue weighted by Crippen LogP contribution is 2.16. The van der Waals surface area contributed by atoms with E-state index in [9.17, 15) is 4.39 Å². The Hall–Kier alpha value is -2.53. The highest BCUT2D eigenvalue weighted by Gasteiger charge is 2.13. The fourth-order valence-electron chi connectivity index (χ4n) is 2.30. The summed E-state index contributed by atoms with van der Waals surface area (Å²) in [6.07, 6.45) is 0.500. The molecule has 1 heterocycles. The average molecular weight is 282 g/mol. The lowest BCUT2D eigenvalue weighted by atomic mass is 10.1. The summed E-state index contributed by atoms with van der Waals surface area (Å²) < 4.78 is 15.2. The minimum atomic E-state index is -0.252. The van der Waals surface area contributed by atoms with Crippen LogP contribution in [0.4, 0.5) is 4.39 Å². The van der Waals surface area contributed by atoms with Gasteiger partial charge in [-0.25, -0.2) is 4.39 Å². The lowest BCUT2D eigenvalue weighted by Gasteiger charge is -2.09. The molecule has 0 radical (unpaired) electrons. The van der Waals surface area contributed by atoms with Crippen molar-refractivity contribution in [1.29, 1.82) is 0 Å². The molecular weight excluding hydrogens is 267 g/mol. The number of nitrogens with zero attached hydrogens (tertiary/aromatic N) is 3. The van der Waals surface area contributed by atoms with Crippen molar-refractivity contribution in [2.45, 2.75) is 13.0 Å². The van der Waals surface area contributed by atoms with Gasteiger partial charge in [0.2, 0.25) is 0 Å². The first-order valence-corrected chi connectivity index (χ1v) is 6.71. The second-order valence-electron chi connectivity index (χ2n) is 4.71. The van der Waals surface area contributed by atoms with E-state index < -0.39 is 0 Å². The molecule has 0 unspecified atom stereocenters. The smallest absolute Gasteiger partial charge is 0.151 e. The lowest BCUT2D eigenvalue weighted by molar-refractivity contribution is 0.625. The predicted octanol–water partition coefficient (Wildman–Crippen LogP) is 2.46. The fourth-order valence-corrected chi connectivity index (χ4v) is 2.30. The molecule has 0 amide bonds. The van der Waals surface area contributed by atoms with E-state index in [1.165, 1.54) is 12.1 Å². The van der Waals surface area contributed by atoms with Gasteiger partial charge in [0.1, 0.15) is 11.6 Å². The molecule has 3 rings (SSSR count). The number of benzene rings is 2. The van der Waals surface area contributed by atoms with Gasteiger partial charge in [0.25, 0.3) is 0 Å². The molecule has 3 aromatic rings. The first kappa shape index (κ1) is 13.5. The maximum Gasteiger partial charge on any atom is 0.151 e. The van der Waals surface area contributed by atoms with E-state index in [0.717, 1.165) is 17.1 Å². The van der Waals surface area contributed by atoms with Crippen LogP contribution in [0.25, 0.3) is 5.69 Å². The summed E-state index contributed by atoms with van der Waals surface area (Å²) in [7, 11) is 0. The highest BCUT2D eigenvalue weighted by molar-refractivity contribution is 5.35. The van der Waals surface area contributed by atoms with Crippen LogP contribution in [0.2, 0.25) is 0 Å². The van der Waals surface area contributed by atoms with Crippen LogP contribution in [0.3, 0.4) is 0 Å². The molecule has 0 spiro atoms. The molecule has 5 heteroatoms. The molecule has 4 nitrogen and oxygen atoms in total. The van der Waals surface area contributed by atoms with E-state index in [-0.39, 0.29) is 5.82 Å². The predicted molar refractivity (Wildman–Crippen MR) is 78.5 cm³/mol. The number of aromatic nitrogens is 3. The van der Waals surface area contributed by atoms with E-state index in [1.54, 1.807) is 6.07 Å². The van der Waals surface area contributed by atoms with Crippen molar-refractivity contribution in [1.82, 2.24) is 14.8 Å². The van der Waals surface area contributed by atoms with Crippen molar-refractivity contribution < 1.29 is 4.39 Å². The molecule has 0 aliphatic rings. The summed E-state index contributed by atoms with van der Waals surface area (Å²) in [5.41, 5.74) is 7.54. The largest absolute Gasteiger partial charge is 0.324 e. The van der Waals surface area contributed by atoms with Gasteiger partial charge in [-0.1, -0.05) is 30.3 Å². The molecule has 0 aliphatic heterocycles. The van der Waals surface area contributed by atoms with Crippen molar-refractivity contribution in [3.05, 3.63) is 77.6 Å². The molecule has 0 saturated carbocycles. The number of hydrogen-bond donors (Lipinski definition) is 1. The molecule has 2 N–H and O–H groups in total. The van der Waals surface area contributed by atoms with Crippen molar-refractivity contribution >= 4 is 0 Å². The van der Waals surface area contributed by atoms with E-state index in [4.69, 9.17) is 5.73 Å². The summed E-state index contributed by atoms with van der Waals surface area (Å²) in [4.78, 5) is 0. The maximum absolute atomic E-state index is 13.3. The van der Waals surface area contributed by atoms with Crippen molar-refractivity contribution in [2.24, 2.45) is 5.73 Å². The normalized spacial score (nSPS) is 10.8. The van der Waals surface area contributed by atoms with Gasteiger partial charge >= 0.3 is 0 Å². The first-order valence-electron chi connectivity index (χ1n) is 6.71. The Morgan fingerprint density at radius 2 is 1.71 bits per heavy atom. The molecule has 2 aromatic carbocycles. The third kappa shape index (κ3) is 2.83. The van der Waals surface area contributed by atoms with Crippen LogP contribution in [0.5, 0.6) is 0 Å². The SMILES string of the molecule is NCc1nnc(Cc2cccc(F)c2)n1-c1ccccc1. The average Bonchev–Trinajstić information content (AvgIpc) is 2.91. The van der Waals surface area contributed by atoms with Gasteiger partial charge in [0, 0.05) is 12.1 Å². The number of rotatable bonds is 4. The molecule has 0 aliphatic carbocycles. The fraction of sp³-hybridized carbons (Fsp3) is 0.125. The zero-order chi connectivity index (χ0) is 14.7. The van der Waals surface area contributed by atoms with Gasteiger partial charge in [-0.15, -0.1) is 10.2 Å². The first-order chi connectivity index (χ1) is 10.3. The number of halogens is 1. The second-order valence-corrected chi connectivity index (χ2v) is 4.71. The Morgan fingerprint density at radius 1 is 0.952 bits per heavy atom. The lowest BCUT2D eigenvalue weighted by Crippen LogP contribution is -2.09. The van der Waals surface area contributed by atoms with Gasteiger partial charge < -0.3 is 5.73 Å². The topological polar surface area (TPSA) is 56.7 Å². The minimum Gasteiger partial charge on any atom is -0.324 e. The molecule has 21 heavy (non-hydrogen) atoms. The molecule has 1 aromatic heterocycles. The minimum absolute atomic E-state index is 0.252. The Morgan fingerprint density at radius 3 is 2.43 bits per heavy atom. The molecule has 106 valence electrons. The zero-order valence-corrected chi connectivity index (χ0v) is 11.4. The van der Waals surface area contributed by atoms with E-state index in [2.05, 4.69) is 10.2 Å². The van der Waals surface area contributed by atoms with Crippen LogP contribution in [0, 0.1) is 5.82 Å². The molecule has 0 atom stereocenters. The molecule has 0 bridgehead atoms. The van der Waals surface area contributed by atoms with Gasteiger partial charge in [-0.05, 0) is 29.8 Å². The van der Waals surface area contributed by atoms with Crippen LogP contribution in [0.1, 0.15) is 17.2 Å². The van der Waals surface area contributed by atoms with Gasteiger partial charge in [0.05, 0.1) is 6.54 Å². The zero-order valence-electron chi connectivity index (χ0n) is 11.4.